The maximum Gasteiger partial charge on any atom is 0.0108 e. The summed E-state index contributed by atoms with van der Waals surface area (Å²) in [7, 11) is 0. The fraction of sp³-hybridized carbons (Fsp3) is 1.00. The van der Waals surface area contributed by atoms with Crippen molar-refractivity contribution in [3.8, 4) is 0 Å². The van der Waals surface area contributed by atoms with Crippen LogP contribution in [0.4, 0.5) is 0 Å². The quantitative estimate of drug-likeness (QED) is 0.813. The Hall–Kier alpha value is -0.0800. The standard InChI is InChI=1S/C19H38N2/c1-6-11-20-18-10-9-17(19(3,4)5)13-16(18)14-21-12-7-8-15(21)2/h15-18,20H,6-14H2,1-5H3. The topological polar surface area (TPSA) is 15.3 Å². The lowest BCUT2D eigenvalue weighted by Crippen LogP contribution is -2.48. The van der Waals surface area contributed by atoms with Crippen LogP contribution in [0.2, 0.25) is 0 Å². The third-order valence-electron chi connectivity index (χ3n) is 6.02. The summed E-state index contributed by atoms with van der Waals surface area (Å²) in [5, 5.41) is 3.86. The van der Waals surface area contributed by atoms with E-state index in [1.54, 1.807) is 0 Å². The highest BCUT2D eigenvalue weighted by Crippen LogP contribution is 2.41. The minimum atomic E-state index is 0.477. The summed E-state index contributed by atoms with van der Waals surface area (Å²) in [5.74, 6) is 1.76. The van der Waals surface area contributed by atoms with Gasteiger partial charge in [-0.25, -0.2) is 0 Å². The summed E-state index contributed by atoms with van der Waals surface area (Å²) in [6.45, 7) is 15.9. The second-order valence-corrected chi connectivity index (χ2v) is 8.68. The minimum Gasteiger partial charge on any atom is -0.314 e. The van der Waals surface area contributed by atoms with Crippen LogP contribution in [-0.2, 0) is 0 Å². The van der Waals surface area contributed by atoms with E-state index in [-0.39, 0.29) is 0 Å². The van der Waals surface area contributed by atoms with Crippen molar-refractivity contribution in [3.05, 3.63) is 0 Å². The molecule has 0 radical (unpaired) electrons. The van der Waals surface area contributed by atoms with E-state index in [2.05, 4.69) is 44.8 Å². The first-order chi connectivity index (χ1) is 9.91. The smallest absolute Gasteiger partial charge is 0.0108 e. The van der Waals surface area contributed by atoms with Crippen molar-refractivity contribution in [1.29, 1.82) is 0 Å². The van der Waals surface area contributed by atoms with E-state index in [4.69, 9.17) is 0 Å². The molecule has 0 aromatic rings. The Labute approximate surface area is 133 Å². The fourth-order valence-corrected chi connectivity index (χ4v) is 4.42. The zero-order valence-electron chi connectivity index (χ0n) is 15.1. The van der Waals surface area contributed by atoms with Crippen molar-refractivity contribution in [1.82, 2.24) is 10.2 Å². The van der Waals surface area contributed by atoms with Crippen molar-refractivity contribution in [2.24, 2.45) is 17.3 Å². The van der Waals surface area contributed by atoms with Crippen molar-refractivity contribution < 1.29 is 0 Å². The molecule has 1 aliphatic carbocycles. The molecule has 0 aromatic heterocycles. The first-order valence-corrected chi connectivity index (χ1v) is 9.39. The lowest BCUT2D eigenvalue weighted by molar-refractivity contribution is 0.0855. The average molecular weight is 295 g/mol. The monoisotopic (exact) mass is 294 g/mol. The molecule has 1 saturated carbocycles. The maximum absolute atomic E-state index is 3.86. The zero-order chi connectivity index (χ0) is 15.5. The van der Waals surface area contributed by atoms with Crippen molar-refractivity contribution in [2.45, 2.75) is 85.2 Å². The molecule has 1 aliphatic heterocycles. The van der Waals surface area contributed by atoms with Crippen LogP contribution in [0.3, 0.4) is 0 Å². The van der Waals surface area contributed by atoms with Crippen LogP contribution in [0.1, 0.15) is 73.1 Å². The Morgan fingerprint density at radius 3 is 2.48 bits per heavy atom. The Bertz CT molecular complexity index is 305. The third-order valence-corrected chi connectivity index (χ3v) is 6.02. The number of nitrogens with one attached hydrogen (secondary N) is 1. The summed E-state index contributed by atoms with van der Waals surface area (Å²) >= 11 is 0. The molecule has 21 heavy (non-hydrogen) atoms. The van der Waals surface area contributed by atoms with Gasteiger partial charge < -0.3 is 10.2 Å². The highest BCUT2D eigenvalue weighted by Gasteiger charge is 2.37. The van der Waals surface area contributed by atoms with Crippen LogP contribution in [0.15, 0.2) is 0 Å². The molecule has 0 bridgehead atoms. The molecule has 1 N–H and O–H groups in total. The van der Waals surface area contributed by atoms with Crippen LogP contribution in [0, 0.1) is 17.3 Å². The molecule has 2 heteroatoms. The summed E-state index contributed by atoms with van der Waals surface area (Å²) < 4.78 is 0. The number of hydrogen-bond donors (Lipinski definition) is 1. The lowest BCUT2D eigenvalue weighted by atomic mass is 9.67. The van der Waals surface area contributed by atoms with E-state index in [0.29, 0.717) is 5.41 Å². The predicted octanol–water partition coefficient (Wildman–Crippen LogP) is 4.30. The van der Waals surface area contributed by atoms with E-state index < -0.39 is 0 Å². The van der Waals surface area contributed by atoms with Gasteiger partial charge in [-0.05, 0) is 75.8 Å². The molecule has 2 fully saturated rings. The van der Waals surface area contributed by atoms with Crippen molar-refractivity contribution >= 4 is 0 Å². The van der Waals surface area contributed by atoms with Crippen molar-refractivity contribution in [3.63, 3.8) is 0 Å². The molecular weight excluding hydrogens is 256 g/mol. The van der Waals surface area contributed by atoms with E-state index in [1.165, 1.54) is 58.2 Å². The van der Waals surface area contributed by atoms with Gasteiger partial charge in [0.2, 0.25) is 0 Å². The average Bonchev–Trinajstić information content (AvgIpc) is 2.82. The lowest BCUT2D eigenvalue weighted by Gasteiger charge is -2.44. The molecule has 0 amide bonds. The van der Waals surface area contributed by atoms with Crippen molar-refractivity contribution in [2.75, 3.05) is 19.6 Å². The molecule has 1 saturated heterocycles. The second kappa shape index (κ2) is 7.46. The van der Waals surface area contributed by atoms with Gasteiger partial charge in [0, 0.05) is 18.6 Å². The highest BCUT2D eigenvalue weighted by atomic mass is 15.2. The number of rotatable bonds is 5. The van der Waals surface area contributed by atoms with Gasteiger partial charge >= 0.3 is 0 Å². The molecule has 2 nitrogen and oxygen atoms in total. The zero-order valence-corrected chi connectivity index (χ0v) is 15.1. The predicted molar refractivity (Wildman–Crippen MR) is 92.6 cm³/mol. The fourth-order valence-electron chi connectivity index (χ4n) is 4.42. The van der Waals surface area contributed by atoms with E-state index >= 15 is 0 Å². The summed E-state index contributed by atoms with van der Waals surface area (Å²) in [4.78, 5) is 2.76. The number of hydrogen-bond acceptors (Lipinski definition) is 2. The highest BCUT2D eigenvalue weighted by molar-refractivity contribution is 4.91. The summed E-state index contributed by atoms with van der Waals surface area (Å²) in [5.41, 5.74) is 0.477. The Morgan fingerprint density at radius 1 is 1.14 bits per heavy atom. The van der Waals surface area contributed by atoms with Gasteiger partial charge in [0.25, 0.3) is 0 Å². The van der Waals surface area contributed by atoms with Crippen LogP contribution >= 0.6 is 0 Å². The summed E-state index contributed by atoms with van der Waals surface area (Å²) in [6.07, 6.45) is 8.29. The molecule has 124 valence electrons. The van der Waals surface area contributed by atoms with Gasteiger partial charge in [-0.2, -0.15) is 0 Å². The molecule has 0 spiro atoms. The Morgan fingerprint density at radius 2 is 1.90 bits per heavy atom. The summed E-state index contributed by atoms with van der Waals surface area (Å²) in [6, 6.07) is 1.57. The molecular formula is C19H38N2. The third kappa shape index (κ3) is 4.69. The van der Waals surface area contributed by atoms with Gasteiger partial charge in [0.15, 0.2) is 0 Å². The molecule has 0 aromatic carbocycles. The minimum absolute atomic E-state index is 0.477. The van der Waals surface area contributed by atoms with Crippen LogP contribution in [-0.4, -0.2) is 36.6 Å². The largest absolute Gasteiger partial charge is 0.314 e. The van der Waals surface area contributed by atoms with Gasteiger partial charge in [0.05, 0.1) is 0 Å². The van der Waals surface area contributed by atoms with E-state index in [9.17, 15) is 0 Å². The Kier molecular flexibility index (Phi) is 6.14. The molecule has 2 rings (SSSR count). The first kappa shape index (κ1) is 17.3. The number of nitrogens with zero attached hydrogens (tertiary/aromatic N) is 1. The maximum atomic E-state index is 3.86. The van der Waals surface area contributed by atoms with Gasteiger partial charge in [0.1, 0.15) is 0 Å². The van der Waals surface area contributed by atoms with Gasteiger partial charge in [-0.15, -0.1) is 0 Å². The molecule has 2 aliphatic rings. The Balaban J connectivity index is 1.98. The molecule has 4 unspecified atom stereocenters. The van der Waals surface area contributed by atoms with Crippen LogP contribution < -0.4 is 5.32 Å². The second-order valence-electron chi connectivity index (χ2n) is 8.68. The van der Waals surface area contributed by atoms with Crippen LogP contribution in [0.25, 0.3) is 0 Å². The van der Waals surface area contributed by atoms with E-state index in [1.807, 2.05) is 0 Å². The number of likely N-dealkylation sites (tertiary alicyclic amines) is 1. The SMILES string of the molecule is CCCNC1CCC(C(C)(C)C)CC1CN1CCCC1C. The molecule has 1 heterocycles. The molecule has 4 atom stereocenters. The van der Waals surface area contributed by atoms with Gasteiger partial charge in [-0.3, -0.25) is 0 Å². The van der Waals surface area contributed by atoms with Gasteiger partial charge in [-0.1, -0.05) is 27.7 Å². The normalized spacial score (nSPS) is 35.3. The van der Waals surface area contributed by atoms with E-state index in [0.717, 1.165) is 23.9 Å². The van der Waals surface area contributed by atoms with Crippen LogP contribution in [0.5, 0.6) is 0 Å². The first-order valence-electron chi connectivity index (χ1n) is 9.39.